The molecule has 0 unspecified atom stereocenters. The smallest absolute Gasteiger partial charge is 0.171 e. The Morgan fingerprint density at radius 2 is 1.68 bits per heavy atom. The normalized spacial score (nSPS) is 15.1. The van der Waals surface area contributed by atoms with Crippen LogP contribution in [-0.4, -0.2) is 0 Å². The molecule has 0 atom stereocenters. The molecular weight excluding hydrogens is 279 g/mol. The number of hydrogen-bond acceptors (Lipinski definition) is 1. The summed E-state index contributed by atoms with van der Waals surface area (Å²) in [6.07, 6.45) is 0. The Morgan fingerprint density at radius 1 is 0.947 bits per heavy atom. The first-order valence-corrected chi connectivity index (χ1v) is 6.25. The van der Waals surface area contributed by atoms with E-state index in [9.17, 15) is 0 Å². The fourth-order valence-corrected chi connectivity index (χ4v) is 2.84. The van der Waals surface area contributed by atoms with Crippen molar-refractivity contribution in [2.45, 2.75) is 0 Å². The molecule has 94 valence electrons. The molecule has 0 saturated heterocycles. The van der Waals surface area contributed by atoms with Gasteiger partial charge in [0, 0.05) is 6.07 Å². The summed E-state index contributed by atoms with van der Waals surface area (Å²) in [4.78, 5) is 4.63. The number of para-hydroxylation sites is 2. The van der Waals surface area contributed by atoms with Gasteiger partial charge >= 0.3 is 0 Å². The minimum atomic E-state index is 0. The number of benzene rings is 2. The second kappa shape index (κ2) is 4.49. The van der Waals surface area contributed by atoms with Crippen molar-refractivity contribution in [3.63, 3.8) is 0 Å². The van der Waals surface area contributed by atoms with Gasteiger partial charge in [0.05, 0.1) is 21.2 Å². The second-order valence-corrected chi connectivity index (χ2v) is 4.81. The van der Waals surface area contributed by atoms with Crippen LogP contribution in [0, 0.1) is 0 Å². The van der Waals surface area contributed by atoms with Gasteiger partial charge in [-0.15, -0.1) is 0 Å². The summed E-state index contributed by atoms with van der Waals surface area (Å²) >= 11 is 6.48. The zero-order chi connectivity index (χ0) is 12.1. The molecule has 2 aliphatic heterocycles. The van der Waals surface area contributed by atoms with Crippen LogP contribution in [0.15, 0.2) is 59.2 Å². The summed E-state index contributed by atoms with van der Waals surface area (Å²) in [5.41, 5.74) is 4.26. The van der Waals surface area contributed by atoms with Crippen molar-refractivity contribution in [2.24, 2.45) is 4.99 Å². The Kier molecular flexibility index (Phi) is 2.94. The molecule has 4 rings (SSSR count). The van der Waals surface area contributed by atoms with Crippen molar-refractivity contribution in [1.82, 2.24) is 0 Å². The maximum absolute atomic E-state index is 6.48. The van der Waals surface area contributed by atoms with E-state index in [0.29, 0.717) is 0 Å². The van der Waals surface area contributed by atoms with Gasteiger partial charge in [0.15, 0.2) is 5.70 Å². The summed E-state index contributed by atoms with van der Waals surface area (Å²) < 4.78 is 0. The van der Waals surface area contributed by atoms with E-state index in [1.54, 1.807) is 0 Å². The predicted octanol–water partition coefficient (Wildman–Crippen LogP) is -1.75. The molecule has 2 aromatic rings. The first-order chi connectivity index (χ1) is 8.84. The van der Waals surface area contributed by atoms with Gasteiger partial charge in [0.2, 0.25) is 0 Å². The molecule has 2 aliphatic rings. The van der Waals surface area contributed by atoms with Crippen molar-refractivity contribution < 1.29 is 17.7 Å². The van der Waals surface area contributed by atoms with Gasteiger partial charge in [-0.3, -0.25) is 5.32 Å². The zero-order valence-electron chi connectivity index (χ0n) is 9.90. The van der Waals surface area contributed by atoms with E-state index in [1.807, 2.05) is 36.4 Å². The molecule has 2 aromatic carbocycles. The van der Waals surface area contributed by atoms with Crippen LogP contribution in [-0.2, 0) is 0 Å². The molecule has 4 heteroatoms. The predicted molar refractivity (Wildman–Crippen MR) is 71.4 cm³/mol. The highest BCUT2D eigenvalue weighted by atomic mass is 35.5. The highest BCUT2D eigenvalue weighted by molar-refractivity contribution is 6.50. The second-order valence-electron chi connectivity index (χ2n) is 4.44. The number of nitrogens with two attached hydrogens (primary N) is 1. The van der Waals surface area contributed by atoms with Gasteiger partial charge in [-0.1, -0.05) is 35.9 Å². The van der Waals surface area contributed by atoms with Gasteiger partial charge in [-0.2, -0.15) is 0 Å². The molecule has 0 spiro atoms. The lowest BCUT2D eigenvalue weighted by Crippen LogP contribution is -3.00. The summed E-state index contributed by atoms with van der Waals surface area (Å²) in [6.45, 7) is 0. The lowest BCUT2D eigenvalue weighted by Gasteiger charge is -2.14. The molecule has 0 aromatic heterocycles. The van der Waals surface area contributed by atoms with Gasteiger partial charge in [-0.05, 0) is 18.2 Å². The van der Waals surface area contributed by atoms with Crippen molar-refractivity contribution in [3.05, 3.63) is 70.4 Å². The van der Waals surface area contributed by atoms with Crippen molar-refractivity contribution in [2.75, 3.05) is 0 Å². The minimum Gasteiger partial charge on any atom is -1.00 e. The molecule has 19 heavy (non-hydrogen) atoms. The molecule has 0 saturated carbocycles. The molecule has 0 bridgehead atoms. The van der Waals surface area contributed by atoms with Gasteiger partial charge in [-0.25, -0.2) is 4.99 Å². The van der Waals surface area contributed by atoms with Crippen LogP contribution in [0.3, 0.4) is 0 Å². The monoisotopic (exact) mass is 288 g/mol. The third-order valence-electron chi connectivity index (χ3n) is 3.39. The lowest BCUT2D eigenvalue weighted by molar-refractivity contribution is -0.471. The van der Waals surface area contributed by atoms with Gasteiger partial charge < -0.3 is 12.4 Å². The number of rotatable bonds is 0. The molecule has 2 heterocycles. The molecule has 2 nitrogen and oxygen atoms in total. The maximum Gasteiger partial charge on any atom is 0.171 e. The Bertz CT molecular complexity index is 822. The van der Waals surface area contributed by atoms with Crippen molar-refractivity contribution >= 4 is 28.0 Å². The molecule has 0 aliphatic carbocycles. The van der Waals surface area contributed by atoms with Crippen LogP contribution in [0.2, 0.25) is 0 Å². The first-order valence-electron chi connectivity index (χ1n) is 5.87. The van der Waals surface area contributed by atoms with Crippen molar-refractivity contribution in [3.8, 4) is 0 Å². The van der Waals surface area contributed by atoms with Gasteiger partial charge in [0.25, 0.3) is 0 Å². The van der Waals surface area contributed by atoms with E-state index in [-0.39, 0.29) is 12.4 Å². The maximum atomic E-state index is 6.48. The van der Waals surface area contributed by atoms with Crippen LogP contribution in [0.5, 0.6) is 0 Å². The van der Waals surface area contributed by atoms with Crippen LogP contribution < -0.4 is 28.3 Å². The third kappa shape index (κ3) is 1.72. The first kappa shape index (κ1) is 12.4. The molecular formula is C15H10Cl2N2. The number of hydrogen-bond donors (Lipinski definition) is 1. The van der Waals surface area contributed by atoms with Crippen LogP contribution in [0.4, 0.5) is 5.69 Å². The molecule has 0 fully saturated rings. The minimum absolute atomic E-state index is 0. The molecule has 0 radical (unpaired) electrons. The largest absolute Gasteiger partial charge is 1.00 e. The van der Waals surface area contributed by atoms with E-state index in [1.165, 1.54) is 5.22 Å². The number of nitrogens with zero attached hydrogens (tertiary/aromatic N) is 1. The summed E-state index contributed by atoms with van der Waals surface area (Å²) in [6, 6.07) is 16.3. The van der Waals surface area contributed by atoms with E-state index in [0.717, 1.165) is 33.0 Å². The standard InChI is InChI=1S/C15H9ClN2.ClH/c16-13-9-5-1-3-7-11(9)17-14-10-6-2-4-8-12(10)18-15(13)14;/h1-8,17H;1H. The van der Waals surface area contributed by atoms with E-state index < -0.39 is 0 Å². The summed E-state index contributed by atoms with van der Waals surface area (Å²) in [5.74, 6) is 0. The number of halogens is 2. The Labute approximate surface area is 121 Å². The SMILES string of the molecule is ClC1=C2N=c3ccccc3=C2[NH2+]c2ccccc21.[Cl-]. The van der Waals surface area contributed by atoms with E-state index in [4.69, 9.17) is 11.6 Å². The third-order valence-corrected chi connectivity index (χ3v) is 3.77. The van der Waals surface area contributed by atoms with E-state index in [2.05, 4.69) is 22.4 Å². The van der Waals surface area contributed by atoms with Crippen LogP contribution in [0.1, 0.15) is 5.56 Å². The number of fused-ring (bicyclic) bond motifs is 3. The Hall–Kier alpha value is -1.61. The zero-order valence-corrected chi connectivity index (χ0v) is 11.4. The Balaban J connectivity index is 0.00000110. The topological polar surface area (TPSA) is 29.0 Å². The Morgan fingerprint density at radius 3 is 2.58 bits per heavy atom. The average Bonchev–Trinajstić information content (AvgIpc) is 2.79. The lowest BCUT2D eigenvalue weighted by atomic mass is 10.1. The van der Waals surface area contributed by atoms with Crippen LogP contribution in [0.25, 0.3) is 10.7 Å². The average molecular weight is 289 g/mol. The summed E-state index contributed by atoms with van der Waals surface area (Å²) in [5, 5.41) is 5.09. The number of quaternary nitrogens is 1. The summed E-state index contributed by atoms with van der Waals surface area (Å²) in [7, 11) is 0. The fraction of sp³-hybridized carbons (Fsp3) is 0. The molecule has 2 N–H and O–H groups in total. The van der Waals surface area contributed by atoms with E-state index >= 15 is 0 Å². The van der Waals surface area contributed by atoms with Crippen molar-refractivity contribution in [1.29, 1.82) is 0 Å². The molecule has 0 amide bonds. The van der Waals surface area contributed by atoms with Gasteiger partial charge in [0.1, 0.15) is 11.4 Å². The highest BCUT2D eigenvalue weighted by Gasteiger charge is 2.28. The van der Waals surface area contributed by atoms with Crippen LogP contribution >= 0.6 is 11.6 Å². The highest BCUT2D eigenvalue weighted by Crippen LogP contribution is 2.33. The quantitative estimate of drug-likeness (QED) is 0.557. The fourth-order valence-electron chi connectivity index (χ4n) is 2.53.